The molecular weight excluding hydrogens is 314 g/mol. The lowest BCUT2D eigenvalue weighted by atomic mass is 9.96. The highest BCUT2D eigenvalue weighted by atomic mass is 16.5. The number of pyridine rings is 1. The molecule has 0 aliphatic heterocycles. The van der Waals surface area contributed by atoms with Gasteiger partial charge in [-0.3, -0.25) is 0 Å². The molecule has 128 valence electrons. The second-order valence-electron chi connectivity index (χ2n) is 6.56. The number of phenols is 1. The molecule has 0 atom stereocenters. The Morgan fingerprint density at radius 2 is 2.00 bits per heavy atom. The number of nitrogens with zero attached hydrogens (tertiary/aromatic N) is 1. The zero-order valence-corrected chi connectivity index (χ0v) is 14.1. The van der Waals surface area contributed by atoms with E-state index in [-0.39, 0.29) is 11.9 Å². The number of hydrogen-bond acceptors (Lipinski definition) is 5. The lowest BCUT2D eigenvalue weighted by molar-refractivity contribution is 0.120. The topological polar surface area (TPSA) is 80.4 Å². The fraction of sp³-hybridized carbons (Fsp3) is 0.250. The summed E-state index contributed by atoms with van der Waals surface area (Å²) < 4.78 is 5.89. The van der Waals surface area contributed by atoms with Crippen molar-refractivity contribution in [1.82, 2.24) is 4.98 Å². The maximum atomic E-state index is 10.0. The van der Waals surface area contributed by atoms with E-state index in [1.807, 2.05) is 31.2 Å². The molecule has 1 aliphatic carbocycles. The SMILES string of the molecule is Cc1ccc2c(Nc3cc(O)cc(OC4CCC4)c3)nccc2c1N. The summed E-state index contributed by atoms with van der Waals surface area (Å²) in [5.74, 6) is 1.53. The number of benzene rings is 2. The van der Waals surface area contributed by atoms with E-state index in [9.17, 15) is 5.11 Å². The van der Waals surface area contributed by atoms with Crippen molar-refractivity contribution in [3.8, 4) is 11.5 Å². The molecule has 0 radical (unpaired) electrons. The molecule has 5 nitrogen and oxygen atoms in total. The van der Waals surface area contributed by atoms with Crippen LogP contribution in [-0.4, -0.2) is 16.2 Å². The predicted molar refractivity (Wildman–Crippen MR) is 101 cm³/mol. The summed E-state index contributed by atoms with van der Waals surface area (Å²) in [4.78, 5) is 4.43. The summed E-state index contributed by atoms with van der Waals surface area (Å²) in [6.07, 6.45) is 5.34. The summed E-state index contributed by atoms with van der Waals surface area (Å²) in [6.45, 7) is 1.99. The second kappa shape index (κ2) is 6.16. The molecule has 0 saturated heterocycles. The number of aromatic nitrogens is 1. The van der Waals surface area contributed by atoms with Gasteiger partial charge in [-0.05, 0) is 37.8 Å². The number of ether oxygens (including phenoxy) is 1. The Balaban J connectivity index is 1.68. The van der Waals surface area contributed by atoms with Crippen LogP contribution >= 0.6 is 0 Å². The zero-order chi connectivity index (χ0) is 17.4. The van der Waals surface area contributed by atoms with Crippen molar-refractivity contribution in [3.05, 3.63) is 48.2 Å². The number of nitrogens with one attached hydrogen (secondary N) is 1. The Bertz CT molecular complexity index is 936. The van der Waals surface area contributed by atoms with Crippen LogP contribution in [-0.2, 0) is 0 Å². The number of fused-ring (bicyclic) bond motifs is 1. The molecule has 0 bridgehead atoms. The van der Waals surface area contributed by atoms with Crippen LogP contribution in [0.3, 0.4) is 0 Å². The van der Waals surface area contributed by atoms with Crippen molar-refractivity contribution in [3.63, 3.8) is 0 Å². The first-order valence-electron chi connectivity index (χ1n) is 8.52. The fourth-order valence-corrected chi connectivity index (χ4v) is 3.03. The van der Waals surface area contributed by atoms with Crippen LogP contribution in [0.15, 0.2) is 42.6 Å². The van der Waals surface area contributed by atoms with Crippen molar-refractivity contribution in [1.29, 1.82) is 0 Å². The number of aromatic hydroxyl groups is 1. The van der Waals surface area contributed by atoms with E-state index < -0.39 is 0 Å². The van der Waals surface area contributed by atoms with Gasteiger partial charge >= 0.3 is 0 Å². The van der Waals surface area contributed by atoms with Crippen molar-refractivity contribution >= 4 is 28.0 Å². The average molecular weight is 335 g/mol. The summed E-state index contributed by atoms with van der Waals surface area (Å²) in [5, 5.41) is 15.2. The first-order valence-corrected chi connectivity index (χ1v) is 8.52. The molecule has 0 unspecified atom stereocenters. The molecule has 5 heteroatoms. The number of phenolic OH excluding ortho intramolecular Hbond substituents is 1. The van der Waals surface area contributed by atoms with Gasteiger partial charge in [0.25, 0.3) is 0 Å². The first-order chi connectivity index (χ1) is 12.1. The van der Waals surface area contributed by atoms with E-state index in [4.69, 9.17) is 10.5 Å². The third kappa shape index (κ3) is 3.05. The van der Waals surface area contributed by atoms with Gasteiger partial charge < -0.3 is 20.9 Å². The Labute approximate surface area is 146 Å². The number of aryl methyl sites for hydroxylation is 1. The molecule has 1 aliphatic rings. The normalized spacial score (nSPS) is 14.3. The number of hydrogen-bond donors (Lipinski definition) is 3. The standard InChI is InChI=1S/C20H21N3O2/c1-12-5-6-18-17(19(12)21)7-8-22-20(18)23-13-9-14(24)11-16(10-13)25-15-3-2-4-15/h5-11,15,24H,2-4,21H2,1H3,(H,22,23). The Morgan fingerprint density at radius 3 is 2.76 bits per heavy atom. The number of nitrogen functional groups attached to an aromatic ring is 1. The smallest absolute Gasteiger partial charge is 0.138 e. The van der Waals surface area contributed by atoms with Crippen LogP contribution in [0.5, 0.6) is 11.5 Å². The van der Waals surface area contributed by atoms with Crippen LogP contribution in [0.2, 0.25) is 0 Å². The molecule has 1 saturated carbocycles. The van der Waals surface area contributed by atoms with Gasteiger partial charge in [0.05, 0.1) is 6.10 Å². The molecule has 1 fully saturated rings. The maximum Gasteiger partial charge on any atom is 0.138 e. The number of anilines is 3. The van der Waals surface area contributed by atoms with Gasteiger partial charge in [-0.15, -0.1) is 0 Å². The molecule has 0 spiro atoms. The highest BCUT2D eigenvalue weighted by Crippen LogP contribution is 2.34. The second-order valence-corrected chi connectivity index (χ2v) is 6.56. The van der Waals surface area contributed by atoms with Crippen molar-refractivity contribution in [2.75, 3.05) is 11.1 Å². The third-order valence-electron chi connectivity index (χ3n) is 4.71. The summed E-state index contributed by atoms with van der Waals surface area (Å²) in [7, 11) is 0. The van der Waals surface area contributed by atoms with Crippen molar-refractivity contribution < 1.29 is 9.84 Å². The van der Waals surface area contributed by atoms with Crippen LogP contribution in [0.1, 0.15) is 24.8 Å². The highest BCUT2D eigenvalue weighted by molar-refractivity contribution is 6.01. The monoisotopic (exact) mass is 335 g/mol. The van der Waals surface area contributed by atoms with Gasteiger partial charge in [-0.1, -0.05) is 12.1 Å². The Hall–Kier alpha value is -2.95. The van der Waals surface area contributed by atoms with Gasteiger partial charge in [0.1, 0.15) is 17.3 Å². The minimum atomic E-state index is 0.162. The molecule has 3 aromatic rings. The van der Waals surface area contributed by atoms with Crippen LogP contribution < -0.4 is 15.8 Å². The van der Waals surface area contributed by atoms with Crippen LogP contribution in [0, 0.1) is 6.92 Å². The van der Waals surface area contributed by atoms with E-state index in [1.54, 1.807) is 18.3 Å². The molecule has 1 aromatic heterocycles. The summed E-state index contributed by atoms with van der Waals surface area (Å²) in [6, 6.07) is 11.1. The maximum absolute atomic E-state index is 10.0. The lowest BCUT2D eigenvalue weighted by Crippen LogP contribution is -2.24. The minimum absolute atomic E-state index is 0.162. The number of rotatable bonds is 4. The van der Waals surface area contributed by atoms with Crippen molar-refractivity contribution in [2.24, 2.45) is 0 Å². The van der Waals surface area contributed by atoms with Crippen LogP contribution in [0.25, 0.3) is 10.8 Å². The molecule has 2 aromatic carbocycles. The van der Waals surface area contributed by atoms with E-state index in [0.29, 0.717) is 11.6 Å². The quantitative estimate of drug-likeness (QED) is 0.611. The molecule has 4 N–H and O–H groups in total. The van der Waals surface area contributed by atoms with Gasteiger partial charge in [0, 0.05) is 46.5 Å². The van der Waals surface area contributed by atoms with Gasteiger partial charge in [-0.25, -0.2) is 4.98 Å². The molecule has 1 heterocycles. The Kier molecular flexibility index (Phi) is 3.84. The van der Waals surface area contributed by atoms with E-state index >= 15 is 0 Å². The Morgan fingerprint density at radius 1 is 1.16 bits per heavy atom. The largest absolute Gasteiger partial charge is 0.508 e. The summed E-state index contributed by atoms with van der Waals surface area (Å²) >= 11 is 0. The predicted octanol–water partition coefficient (Wildman–Crippen LogP) is 4.51. The van der Waals surface area contributed by atoms with E-state index in [1.165, 1.54) is 6.42 Å². The molecular formula is C20H21N3O2. The van der Waals surface area contributed by atoms with Crippen LogP contribution in [0.4, 0.5) is 17.2 Å². The lowest BCUT2D eigenvalue weighted by Gasteiger charge is -2.26. The van der Waals surface area contributed by atoms with E-state index in [2.05, 4.69) is 10.3 Å². The highest BCUT2D eigenvalue weighted by Gasteiger charge is 2.19. The van der Waals surface area contributed by atoms with E-state index in [0.717, 1.165) is 40.6 Å². The minimum Gasteiger partial charge on any atom is -0.508 e. The average Bonchev–Trinajstić information content (AvgIpc) is 2.54. The first kappa shape index (κ1) is 15.6. The third-order valence-corrected chi connectivity index (χ3v) is 4.71. The van der Waals surface area contributed by atoms with Gasteiger partial charge in [-0.2, -0.15) is 0 Å². The molecule has 25 heavy (non-hydrogen) atoms. The number of nitrogens with two attached hydrogens (primary N) is 1. The van der Waals surface area contributed by atoms with Gasteiger partial charge in [0.2, 0.25) is 0 Å². The molecule has 0 amide bonds. The molecule has 4 rings (SSSR count). The van der Waals surface area contributed by atoms with Crippen molar-refractivity contribution in [2.45, 2.75) is 32.3 Å². The zero-order valence-electron chi connectivity index (χ0n) is 14.1. The fourth-order valence-electron chi connectivity index (χ4n) is 3.03. The summed E-state index contributed by atoms with van der Waals surface area (Å²) in [5.41, 5.74) is 8.72. The van der Waals surface area contributed by atoms with Gasteiger partial charge in [0.15, 0.2) is 0 Å².